The van der Waals surface area contributed by atoms with Crippen LogP contribution in [-0.2, 0) is 17.8 Å². The Kier molecular flexibility index (Phi) is 5.82. The summed E-state index contributed by atoms with van der Waals surface area (Å²) in [4.78, 5) is 30.5. The van der Waals surface area contributed by atoms with Gasteiger partial charge in [-0.15, -0.1) is 0 Å². The van der Waals surface area contributed by atoms with Crippen molar-refractivity contribution in [1.29, 1.82) is 0 Å². The van der Waals surface area contributed by atoms with Crippen LogP contribution in [0.3, 0.4) is 0 Å². The van der Waals surface area contributed by atoms with Crippen LogP contribution in [0.25, 0.3) is 10.9 Å². The Balaban J connectivity index is 1.43. The van der Waals surface area contributed by atoms with Crippen LogP contribution in [0.2, 0.25) is 0 Å². The molecule has 0 amide bonds. The molecule has 0 N–H and O–H groups in total. The van der Waals surface area contributed by atoms with Crippen LogP contribution >= 0.6 is 0 Å². The number of ether oxygens (including phenoxy) is 1. The molecule has 4 rings (SSSR count). The topological polar surface area (TPSA) is 76.4 Å². The van der Waals surface area contributed by atoms with Gasteiger partial charge < -0.3 is 9.64 Å². The van der Waals surface area contributed by atoms with Crippen LogP contribution in [0.15, 0.2) is 41.6 Å². The summed E-state index contributed by atoms with van der Waals surface area (Å²) in [6.45, 7) is 7.55. The molecule has 0 atom stereocenters. The van der Waals surface area contributed by atoms with E-state index in [-0.39, 0.29) is 5.56 Å². The summed E-state index contributed by atoms with van der Waals surface area (Å²) >= 11 is 0. The Hall–Kier alpha value is -2.84. The second kappa shape index (κ2) is 8.67. The van der Waals surface area contributed by atoms with Crippen LogP contribution in [0, 0.1) is 6.92 Å². The van der Waals surface area contributed by atoms with Gasteiger partial charge in [-0.25, -0.2) is 15.0 Å². The van der Waals surface area contributed by atoms with Crippen molar-refractivity contribution in [3.8, 4) is 0 Å². The van der Waals surface area contributed by atoms with E-state index < -0.39 is 0 Å². The van der Waals surface area contributed by atoms with Crippen molar-refractivity contribution in [1.82, 2.24) is 24.4 Å². The number of fused-ring (bicyclic) bond motifs is 1. The van der Waals surface area contributed by atoms with E-state index >= 15 is 0 Å². The zero-order chi connectivity index (χ0) is 20.2. The van der Waals surface area contributed by atoms with Crippen molar-refractivity contribution in [3.05, 3.63) is 58.7 Å². The molecule has 0 unspecified atom stereocenters. The number of aryl methyl sites for hydroxylation is 1. The molecule has 2 aromatic heterocycles. The van der Waals surface area contributed by atoms with Crippen LogP contribution in [0.5, 0.6) is 0 Å². The fourth-order valence-corrected chi connectivity index (χ4v) is 3.68. The fraction of sp³-hybridized carbons (Fsp3) is 0.429. The second-order valence-electron chi connectivity index (χ2n) is 7.30. The normalized spacial score (nSPS) is 15.2. The summed E-state index contributed by atoms with van der Waals surface area (Å²) in [7, 11) is 1.63. The van der Waals surface area contributed by atoms with Crippen LogP contribution in [0.4, 0.5) is 5.69 Å². The summed E-state index contributed by atoms with van der Waals surface area (Å²) in [5, 5.41) is 0.644. The van der Waals surface area contributed by atoms with Gasteiger partial charge in [0.15, 0.2) is 0 Å². The van der Waals surface area contributed by atoms with Gasteiger partial charge in [-0.3, -0.25) is 14.3 Å². The molecule has 152 valence electrons. The average Bonchev–Trinajstić information content (AvgIpc) is 2.74. The number of anilines is 1. The molecule has 3 aromatic rings. The minimum absolute atomic E-state index is 0.0245. The van der Waals surface area contributed by atoms with Gasteiger partial charge in [0, 0.05) is 51.7 Å². The predicted octanol–water partition coefficient (Wildman–Crippen LogP) is 1.46. The van der Waals surface area contributed by atoms with Crippen molar-refractivity contribution in [2.75, 3.05) is 44.8 Å². The second-order valence-corrected chi connectivity index (χ2v) is 7.30. The minimum Gasteiger partial charge on any atom is -0.383 e. The molecule has 8 heteroatoms. The number of benzene rings is 1. The summed E-state index contributed by atoms with van der Waals surface area (Å²) in [5.41, 5.74) is 2.88. The molecule has 1 aromatic carbocycles. The van der Waals surface area contributed by atoms with E-state index in [9.17, 15) is 4.79 Å². The molecule has 3 heterocycles. The summed E-state index contributed by atoms with van der Waals surface area (Å²) in [6.07, 6.45) is 3.42. The van der Waals surface area contributed by atoms with Crippen molar-refractivity contribution in [3.63, 3.8) is 0 Å². The summed E-state index contributed by atoms with van der Waals surface area (Å²) in [5.74, 6) is 0.811. The largest absolute Gasteiger partial charge is 0.383 e. The quantitative estimate of drug-likeness (QED) is 0.626. The first kappa shape index (κ1) is 19.5. The molecule has 0 radical (unpaired) electrons. The fourth-order valence-electron chi connectivity index (χ4n) is 3.68. The molecular weight excluding hydrogens is 368 g/mol. The van der Waals surface area contributed by atoms with Crippen molar-refractivity contribution in [2.24, 2.45) is 0 Å². The highest BCUT2D eigenvalue weighted by atomic mass is 16.5. The monoisotopic (exact) mass is 394 g/mol. The Morgan fingerprint density at radius 3 is 2.69 bits per heavy atom. The first-order valence-corrected chi connectivity index (χ1v) is 9.88. The number of rotatable bonds is 6. The van der Waals surface area contributed by atoms with Crippen molar-refractivity contribution < 1.29 is 4.74 Å². The zero-order valence-electron chi connectivity index (χ0n) is 16.9. The third-order valence-electron chi connectivity index (χ3n) is 5.30. The Morgan fingerprint density at radius 1 is 1.10 bits per heavy atom. The van der Waals surface area contributed by atoms with Gasteiger partial charge in [0.1, 0.15) is 5.82 Å². The predicted molar refractivity (Wildman–Crippen MR) is 112 cm³/mol. The maximum atomic E-state index is 12.6. The Morgan fingerprint density at radius 2 is 1.93 bits per heavy atom. The number of hydrogen-bond donors (Lipinski definition) is 0. The first-order valence-electron chi connectivity index (χ1n) is 9.88. The van der Waals surface area contributed by atoms with E-state index in [2.05, 4.69) is 24.8 Å². The molecule has 1 saturated heterocycles. The molecule has 0 saturated carbocycles. The number of piperazine rings is 1. The highest BCUT2D eigenvalue weighted by molar-refractivity contribution is 5.81. The Labute approximate surface area is 169 Å². The lowest BCUT2D eigenvalue weighted by molar-refractivity contribution is 0.186. The minimum atomic E-state index is -0.0245. The van der Waals surface area contributed by atoms with Gasteiger partial charge in [0.25, 0.3) is 5.56 Å². The highest BCUT2D eigenvalue weighted by Crippen LogP contribution is 2.21. The van der Waals surface area contributed by atoms with E-state index in [0.29, 0.717) is 18.5 Å². The van der Waals surface area contributed by atoms with Crippen molar-refractivity contribution >= 4 is 16.6 Å². The first-order chi connectivity index (χ1) is 14.1. The number of hydrogen-bond acceptors (Lipinski definition) is 7. The smallest absolute Gasteiger partial charge is 0.261 e. The molecule has 1 aliphatic rings. The van der Waals surface area contributed by atoms with E-state index in [0.717, 1.165) is 55.4 Å². The van der Waals surface area contributed by atoms with Gasteiger partial charge in [-0.2, -0.15) is 0 Å². The van der Waals surface area contributed by atoms with Gasteiger partial charge in [0.05, 0.1) is 36.1 Å². The average molecular weight is 394 g/mol. The summed E-state index contributed by atoms with van der Waals surface area (Å²) in [6, 6.07) is 7.91. The molecule has 1 aliphatic heterocycles. The third kappa shape index (κ3) is 4.44. The molecular formula is C21H26N6O2. The zero-order valence-corrected chi connectivity index (χ0v) is 16.9. The number of methoxy groups -OCH3 is 1. The molecule has 0 bridgehead atoms. The number of aromatic nitrogens is 4. The van der Waals surface area contributed by atoms with E-state index in [1.807, 2.05) is 37.4 Å². The van der Waals surface area contributed by atoms with Crippen molar-refractivity contribution in [2.45, 2.75) is 20.0 Å². The SMILES string of the molecule is COCCn1cnc2cc(N3CCN(Cc4ccnc(C)n4)CC3)ccc2c1=O. The van der Waals surface area contributed by atoms with Gasteiger partial charge in [-0.05, 0) is 31.2 Å². The maximum absolute atomic E-state index is 12.6. The van der Waals surface area contributed by atoms with E-state index in [1.54, 1.807) is 18.0 Å². The van der Waals surface area contributed by atoms with E-state index in [4.69, 9.17) is 4.74 Å². The lowest BCUT2D eigenvalue weighted by atomic mass is 10.2. The maximum Gasteiger partial charge on any atom is 0.261 e. The summed E-state index contributed by atoms with van der Waals surface area (Å²) < 4.78 is 6.65. The molecule has 1 fully saturated rings. The van der Waals surface area contributed by atoms with Crippen LogP contribution < -0.4 is 10.5 Å². The molecule has 0 aliphatic carbocycles. The number of nitrogens with zero attached hydrogens (tertiary/aromatic N) is 6. The molecule has 0 spiro atoms. The van der Waals surface area contributed by atoms with Crippen LogP contribution in [-0.4, -0.2) is 64.3 Å². The molecule has 29 heavy (non-hydrogen) atoms. The molecule has 8 nitrogen and oxygen atoms in total. The van der Waals surface area contributed by atoms with Gasteiger partial charge in [0.2, 0.25) is 0 Å². The lowest BCUT2D eigenvalue weighted by Crippen LogP contribution is -2.46. The van der Waals surface area contributed by atoms with Gasteiger partial charge in [-0.1, -0.05) is 0 Å². The third-order valence-corrected chi connectivity index (χ3v) is 5.30. The lowest BCUT2D eigenvalue weighted by Gasteiger charge is -2.36. The standard InChI is InChI=1S/C21H26N6O2/c1-16-22-6-5-17(24-16)14-25-7-9-26(10-8-25)18-3-4-19-20(13-18)23-15-27(21(19)28)11-12-29-2/h3-6,13,15H,7-12,14H2,1-2H3. The van der Waals surface area contributed by atoms with Gasteiger partial charge >= 0.3 is 0 Å². The Bertz CT molecular complexity index is 1040. The highest BCUT2D eigenvalue weighted by Gasteiger charge is 2.18. The van der Waals surface area contributed by atoms with Crippen LogP contribution in [0.1, 0.15) is 11.5 Å². The van der Waals surface area contributed by atoms with E-state index in [1.165, 1.54) is 0 Å².